The molecule has 174 valence electrons. The van der Waals surface area contributed by atoms with Crippen molar-refractivity contribution >= 4 is 11.0 Å². The van der Waals surface area contributed by atoms with Crippen LogP contribution in [0.5, 0.6) is 0 Å². The highest BCUT2D eigenvalue weighted by atomic mass is 19.4. The first-order chi connectivity index (χ1) is 16.3. The first-order valence-electron chi connectivity index (χ1n) is 10.9. The molecule has 1 heterocycles. The van der Waals surface area contributed by atoms with E-state index in [1.807, 2.05) is 31.3 Å². The Morgan fingerprint density at radius 1 is 0.971 bits per heavy atom. The summed E-state index contributed by atoms with van der Waals surface area (Å²) in [4.78, 5) is 2.17. The van der Waals surface area contributed by atoms with Crippen molar-refractivity contribution < 1.29 is 17.6 Å². The van der Waals surface area contributed by atoms with Crippen molar-refractivity contribution in [3.05, 3.63) is 83.6 Å². The lowest BCUT2D eigenvalue weighted by atomic mass is 9.91. The maximum atomic E-state index is 13.1. The van der Waals surface area contributed by atoms with E-state index in [1.54, 1.807) is 18.4 Å². The Hall–Kier alpha value is -3.60. The number of alkyl halides is 3. The molecule has 0 spiro atoms. The lowest BCUT2D eigenvalue weighted by molar-refractivity contribution is -0.137. The van der Waals surface area contributed by atoms with Crippen LogP contribution in [0.25, 0.3) is 33.2 Å². The van der Waals surface area contributed by atoms with Crippen LogP contribution in [0.3, 0.4) is 0 Å². The van der Waals surface area contributed by atoms with Crippen LogP contribution in [0.15, 0.2) is 71.3 Å². The summed E-state index contributed by atoms with van der Waals surface area (Å²) in [6, 6.07) is 18.3. The molecule has 0 unspecified atom stereocenters. The summed E-state index contributed by atoms with van der Waals surface area (Å²) >= 11 is 0. The van der Waals surface area contributed by atoms with Crippen LogP contribution in [0.1, 0.15) is 23.1 Å². The number of nitrogens with two attached hydrogens (primary N) is 1. The Labute approximate surface area is 196 Å². The second kappa shape index (κ2) is 9.72. The highest BCUT2D eigenvalue weighted by Crippen LogP contribution is 2.39. The van der Waals surface area contributed by atoms with Crippen LogP contribution in [-0.4, -0.2) is 25.0 Å². The standard InChI is InChI=1S/C27H24F3N3O/c1-33(12-2-11-31)16-21-17-34-26-14-24(20-7-9-22(10-8-20)27(28,29)30)23(13-25(21)26)19-5-3-18(15-32)4-6-19/h3-10,13-14,17H,2,11-12,16,31H2,1H3. The van der Waals surface area contributed by atoms with E-state index in [9.17, 15) is 13.2 Å². The number of fused-ring (bicyclic) bond motifs is 1. The molecule has 0 radical (unpaired) electrons. The van der Waals surface area contributed by atoms with Crippen LogP contribution < -0.4 is 5.73 Å². The lowest BCUT2D eigenvalue weighted by Crippen LogP contribution is -2.21. The molecule has 0 bridgehead atoms. The Morgan fingerprint density at radius 3 is 2.18 bits per heavy atom. The molecule has 2 N–H and O–H groups in total. The van der Waals surface area contributed by atoms with Crippen molar-refractivity contribution in [3.63, 3.8) is 0 Å². The van der Waals surface area contributed by atoms with E-state index in [1.165, 1.54) is 12.1 Å². The van der Waals surface area contributed by atoms with E-state index < -0.39 is 11.7 Å². The summed E-state index contributed by atoms with van der Waals surface area (Å²) in [5.41, 5.74) is 10.2. The summed E-state index contributed by atoms with van der Waals surface area (Å²) < 4.78 is 45.1. The van der Waals surface area contributed by atoms with Crippen LogP contribution >= 0.6 is 0 Å². The number of nitriles is 1. The molecule has 0 atom stereocenters. The van der Waals surface area contributed by atoms with Gasteiger partial charge in [0.25, 0.3) is 0 Å². The monoisotopic (exact) mass is 463 g/mol. The molecule has 0 aliphatic carbocycles. The molecule has 0 aliphatic rings. The maximum Gasteiger partial charge on any atom is 0.416 e. The molecule has 1 aromatic heterocycles. The van der Waals surface area contributed by atoms with Gasteiger partial charge < -0.3 is 15.1 Å². The predicted molar refractivity (Wildman–Crippen MR) is 127 cm³/mol. The molecule has 7 heteroatoms. The van der Waals surface area contributed by atoms with Crippen molar-refractivity contribution in [2.45, 2.75) is 19.1 Å². The van der Waals surface area contributed by atoms with Crippen molar-refractivity contribution in [2.24, 2.45) is 5.73 Å². The Balaban J connectivity index is 1.82. The van der Waals surface area contributed by atoms with Gasteiger partial charge in [0.1, 0.15) is 5.58 Å². The second-order valence-electron chi connectivity index (χ2n) is 8.30. The largest absolute Gasteiger partial charge is 0.464 e. The highest BCUT2D eigenvalue weighted by Gasteiger charge is 2.30. The zero-order valence-electron chi connectivity index (χ0n) is 18.7. The quantitative estimate of drug-likeness (QED) is 0.343. The Kier molecular flexibility index (Phi) is 6.73. The summed E-state index contributed by atoms with van der Waals surface area (Å²) in [5, 5.41) is 10.1. The number of hydrogen-bond donors (Lipinski definition) is 1. The third kappa shape index (κ3) is 4.98. The maximum absolute atomic E-state index is 13.1. The first-order valence-corrected chi connectivity index (χ1v) is 10.9. The van der Waals surface area contributed by atoms with Gasteiger partial charge in [-0.1, -0.05) is 24.3 Å². The van der Waals surface area contributed by atoms with E-state index >= 15 is 0 Å². The molecule has 4 aromatic rings. The van der Waals surface area contributed by atoms with E-state index in [4.69, 9.17) is 15.4 Å². The van der Waals surface area contributed by atoms with Crippen molar-refractivity contribution in [2.75, 3.05) is 20.1 Å². The SMILES string of the molecule is CN(CCCN)Cc1coc2cc(-c3ccc(C(F)(F)F)cc3)c(-c3ccc(C#N)cc3)cc12. The molecule has 4 rings (SSSR count). The van der Waals surface area contributed by atoms with Gasteiger partial charge in [-0.25, -0.2) is 0 Å². The zero-order valence-corrected chi connectivity index (χ0v) is 18.7. The van der Waals surface area contributed by atoms with Gasteiger partial charge in [-0.15, -0.1) is 0 Å². The molecule has 0 aliphatic heterocycles. The average molecular weight is 464 g/mol. The number of rotatable bonds is 7. The predicted octanol–water partition coefficient (Wildman–Crippen LogP) is 6.44. The molecule has 0 amide bonds. The van der Waals surface area contributed by atoms with E-state index in [-0.39, 0.29) is 0 Å². The van der Waals surface area contributed by atoms with Crippen molar-refractivity contribution in [3.8, 4) is 28.3 Å². The molecular formula is C27H24F3N3O. The lowest BCUT2D eigenvalue weighted by Gasteiger charge is -2.16. The summed E-state index contributed by atoms with van der Waals surface area (Å²) in [5.74, 6) is 0. The topological polar surface area (TPSA) is 66.2 Å². The summed E-state index contributed by atoms with van der Waals surface area (Å²) in [6.07, 6.45) is -1.78. The zero-order chi connectivity index (χ0) is 24.3. The van der Waals surface area contributed by atoms with E-state index in [2.05, 4.69) is 11.0 Å². The highest BCUT2D eigenvalue weighted by molar-refractivity contribution is 5.95. The van der Waals surface area contributed by atoms with Crippen molar-refractivity contribution in [1.82, 2.24) is 4.90 Å². The fourth-order valence-corrected chi connectivity index (χ4v) is 4.02. The fraction of sp³-hybridized carbons (Fsp3) is 0.222. The number of furan rings is 1. The van der Waals surface area contributed by atoms with Crippen LogP contribution in [-0.2, 0) is 12.7 Å². The molecule has 0 fully saturated rings. The number of hydrogen-bond acceptors (Lipinski definition) is 4. The van der Waals surface area contributed by atoms with Crippen molar-refractivity contribution in [1.29, 1.82) is 5.26 Å². The summed E-state index contributed by atoms with van der Waals surface area (Å²) in [6.45, 7) is 2.16. The van der Waals surface area contributed by atoms with Gasteiger partial charge in [-0.2, -0.15) is 18.4 Å². The molecular weight excluding hydrogens is 439 g/mol. The molecule has 0 saturated carbocycles. The molecule has 3 aromatic carbocycles. The van der Waals surface area contributed by atoms with Gasteiger partial charge in [-0.3, -0.25) is 0 Å². The normalized spacial score (nSPS) is 11.8. The molecule has 0 saturated heterocycles. The average Bonchev–Trinajstić information content (AvgIpc) is 3.23. The van der Waals surface area contributed by atoms with Gasteiger partial charge in [0.2, 0.25) is 0 Å². The van der Waals surface area contributed by atoms with Crippen LogP contribution in [0, 0.1) is 11.3 Å². The smallest absolute Gasteiger partial charge is 0.416 e. The molecule has 4 nitrogen and oxygen atoms in total. The van der Waals surface area contributed by atoms with Crippen LogP contribution in [0.4, 0.5) is 13.2 Å². The van der Waals surface area contributed by atoms with E-state index in [0.717, 1.165) is 52.7 Å². The third-order valence-electron chi connectivity index (χ3n) is 5.83. The van der Waals surface area contributed by atoms with Gasteiger partial charge >= 0.3 is 6.18 Å². The minimum absolute atomic E-state index is 0.534. The number of benzene rings is 3. The summed E-state index contributed by atoms with van der Waals surface area (Å²) in [7, 11) is 2.02. The van der Waals surface area contributed by atoms with Crippen LogP contribution in [0.2, 0.25) is 0 Å². The number of nitrogens with zero attached hydrogens (tertiary/aromatic N) is 2. The van der Waals surface area contributed by atoms with Gasteiger partial charge in [0, 0.05) is 17.5 Å². The minimum atomic E-state index is -4.40. The first kappa shape index (κ1) is 23.6. The number of halogens is 3. The van der Waals surface area contributed by atoms with Gasteiger partial charge in [0.05, 0.1) is 23.5 Å². The Bertz CT molecular complexity index is 1320. The van der Waals surface area contributed by atoms with Gasteiger partial charge in [0.15, 0.2) is 0 Å². The fourth-order valence-electron chi connectivity index (χ4n) is 4.02. The van der Waals surface area contributed by atoms with Gasteiger partial charge in [-0.05, 0) is 85.2 Å². The Morgan fingerprint density at radius 2 is 1.59 bits per heavy atom. The molecule has 34 heavy (non-hydrogen) atoms. The van der Waals surface area contributed by atoms with E-state index in [0.29, 0.717) is 29.8 Å². The third-order valence-corrected chi connectivity index (χ3v) is 5.83. The second-order valence-corrected chi connectivity index (χ2v) is 8.30. The minimum Gasteiger partial charge on any atom is -0.464 e.